The van der Waals surface area contributed by atoms with Crippen LogP contribution in [0.1, 0.15) is 68.7 Å². The fourth-order valence-electron chi connectivity index (χ4n) is 2.33. The van der Waals surface area contributed by atoms with E-state index < -0.39 is 17.2 Å². The summed E-state index contributed by atoms with van der Waals surface area (Å²) in [6, 6.07) is 0. The van der Waals surface area contributed by atoms with Gasteiger partial charge in [0.25, 0.3) is 0 Å². The van der Waals surface area contributed by atoms with E-state index in [1.807, 2.05) is 27.7 Å². The summed E-state index contributed by atoms with van der Waals surface area (Å²) in [5.41, 5.74) is -1.20. The van der Waals surface area contributed by atoms with E-state index in [9.17, 15) is 0 Å². The SMILES string of the molecule is CCC(P)(OC(C)(C)C(F)C(C)(C)C(C)C)C(C)C. The first kappa shape index (κ1) is 19.3. The number of halogens is 1. The molecule has 0 bridgehead atoms. The molecule has 0 aromatic rings. The van der Waals surface area contributed by atoms with Gasteiger partial charge in [-0.2, -0.15) is 0 Å². The van der Waals surface area contributed by atoms with Crippen molar-refractivity contribution < 1.29 is 9.13 Å². The molecule has 116 valence electrons. The van der Waals surface area contributed by atoms with Crippen LogP contribution in [-0.2, 0) is 4.74 Å². The average Bonchev–Trinajstić information content (AvgIpc) is 2.26. The van der Waals surface area contributed by atoms with Crippen LogP contribution >= 0.6 is 9.24 Å². The van der Waals surface area contributed by atoms with Crippen molar-refractivity contribution in [3.8, 4) is 0 Å². The van der Waals surface area contributed by atoms with Crippen LogP contribution in [0.2, 0.25) is 0 Å². The number of alkyl halides is 1. The zero-order chi connectivity index (χ0) is 15.6. The molecule has 0 aliphatic heterocycles. The van der Waals surface area contributed by atoms with Crippen molar-refractivity contribution in [2.24, 2.45) is 17.3 Å². The normalized spacial score (nSPS) is 18.8. The van der Waals surface area contributed by atoms with E-state index in [0.29, 0.717) is 5.92 Å². The van der Waals surface area contributed by atoms with Crippen molar-refractivity contribution in [2.45, 2.75) is 85.8 Å². The third-order valence-electron chi connectivity index (χ3n) is 4.73. The van der Waals surface area contributed by atoms with Crippen LogP contribution in [0.4, 0.5) is 4.39 Å². The van der Waals surface area contributed by atoms with E-state index in [0.717, 1.165) is 6.42 Å². The number of hydrogen-bond donors (Lipinski definition) is 0. The van der Waals surface area contributed by atoms with Gasteiger partial charge < -0.3 is 4.74 Å². The Morgan fingerprint density at radius 2 is 1.42 bits per heavy atom. The standard InChI is InChI=1S/C16H34FOP/c1-10-16(19,12(4)5)18-15(8,9)13(17)14(6,7)11(2)3/h11-13H,10,19H2,1-9H3. The quantitative estimate of drug-likeness (QED) is 0.568. The van der Waals surface area contributed by atoms with Crippen molar-refractivity contribution in [1.29, 1.82) is 0 Å². The lowest BCUT2D eigenvalue weighted by Gasteiger charge is -2.47. The number of rotatable bonds is 7. The van der Waals surface area contributed by atoms with Crippen LogP contribution in [0.25, 0.3) is 0 Å². The van der Waals surface area contributed by atoms with E-state index >= 15 is 4.39 Å². The molecule has 3 unspecified atom stereocenters. The second-order valence-electron chi connectivity index (χ2n) is 7.51. The van der Waals surface area contributed by atoms with Gasteiger partial charge in [-0.1, -0.05) is 48.5 Å². The molecule has 19 heavy (non-hydrogen) atoms. The van der Waals surface area contributed by atoms with Crippen molar-refractivity contribution in [2.75, 3.05) is 0 Å². The third kappa shape index (κ3) is 4.39. The summed E-state index contributed by atoms with van der Waals surface area (Å²) in [7, 11) is 2.79. The summed E-state index contributed by atoms with van der Waals surface area (Å²) in [6.07, 6.45) is -0.154. The number of ether oxygens (including phenoxy) is 1. The van der Waals surface area contributed by atoms with Gasteiger partial charge in [-0.05, 0) is 32.1 Å². The maximum absolute atomic E-state index is 15.0. The van der Waals surface area contributed by atoms with Crippen molar-refractivity contribution in [1.82, 2.24) is 0 Å². The Bertz CT molecular complexity index is 286. The van der Waals surface area contributed by atoms with E-state index in [2.05, 4.69) is 43.9 Å². The molecule has 0 amide bonds. The molecule has 0 heterocycles. The fourth-order valence-corrected chi connectivity index (χ4v) is 2.63. The highest BCUT2D eigenvalue weighted by molar-refractivity contribution is 7.18. The molecule has 0 fully saturated rings. The van der Waals surface area contributed by atoms with Crippen LogP contribution in [0.3, 0.4) is 0 Å². The highest BCUT2D eigenvalue weighted by atomic mass is 31.0. The monoisotopic (exact) mass is 292 g/mol. The molecule has 0 saturated carbocycles. The van der Waals surface area contributed by atoms with Gasteiger partial charge in [0.15, 0.2) is 0 Å². The van der Waals surface area contributed by atoms with Crippen LogP contribution in [0.15, 0.2) is 0 Å². The van der Waals surface area contributed by atoms with Gasteiger partial charge in [0.1, 0.15) is 6.17 Å². The highest BCUT2D eigenvalue weighted by Gasteiger charge is 2.47. The Balaban J connectivity index is 5.18. The zero-order valence-corrected chi connectivity index (χ0v) is 15.5. The summed E-state index contributed by atoms with van der Waals surface area (Å²) in [5, 5.41) is -0.360. The predicted molar refractivity (Wildman–Crippen MR) is 86.2 cm³/mol. The van der Waals surface area contributed by atoms with Crippen LogP contribution < -0.4 is 0 Å². The lowest BCUT2D eigenvalue weighted by molar-refractivity contribution is -0.173. The smallest absolute Gasteiger partial charge is 0.134 e. The van der Waals surface area contributed by atoms with Gasteiger partial charge in [0.05, 0.1) is 10.9 Å². The second-order valence-corrected chi connectivity index (χ2v) is 8.48. The molecule has 3 atom stereocenters. The molecule has 0 aliphatic rings. The summed E-state index contributed by atoms with van der Waals surface area (Å²) < 4.78 is 21.2. The van der Waals surface area contributed by atoms with Crippen LogP contribution in [-0.4, -0.2) is 17.1 Å². The summed E-state index contributed by atoms with van der Waals surface area (Å²) in [5.74, 6) is 0.598. The van der Waals surface area contributed by atoms with Crippen LogP contribution in [0, 0.1) is 17.3 Å². The van der Waals surface area contributed by atoms with E-state index in [1.54, 1.807) is 0 Å². The van der Waals surface area contributed by atoms with Gasteiger partial charge >= 0.3 is 0 Å². The summed E-state index contributed by atoms with van der Waals surface area (Å²) in [6.45, 7) is 18.2. The molecule has 3 heteroatoms. The molecule has 0 aromatic heterocycles. The Kier molecular flexibility index (Phi) is 6.50. The Hall–Kier alpha value is 0.320. The molecule has 1 nitrogen and oxygen atoms in total. The zero-order valence-electron chi connectivity index (χ0n) is 14.3. The first-order chi connectivity index (χ1) is 8.31. The van der Waals surface area contributed by atoms with Crippen molar-refractivity contribution >= 4 is 9.24 Å². The topological polar surface area (TPSA) is 9.23 Å². The van der Waals surface area contributed by atoms with Gasteiger partial charge in [-0.15, -0.1) is 9.24 Å². The first-order valence-corrected chi connectivity index (χ1v) is 8.02. The second kappa shape index (κ2) is 6.39. The minimum atomic E-state index is -1.01. The highest BCUT2D eigenvalue weighted by Crippen LogP contribution is 2.44. The van der Waals surface area contributed by atoms with Crippen molar-refractivity contribution in [3.05, 3.63) is 0 Å². The van der Waals surface area contributed by atoms with E-state index in [-0.39, 0.29) is 11.3 Å². The average molecular weight is 292 g/mol. The van der Waals surface area contributed by atoms with Gasteiger partial charge in [-0.25, -0.2) is 4.39 Å². The maximum Gasteiger partial charge on any atom is 0.134 e. The molecular weight excluding hydrogens is 258 g/mol. The fraction of sp³-hybridized carbons (Fsp3) is 1.00. The lowest BCUT2D eigenvalue weighted by atomic mass is 9.72. The largest absolute Gasteiger partial charge is 0.362 e. The maximum atomic E-state index is 15.0. The van der Waals surface area contributed by atoms with Gasteiger partial charge in [-0.3, -0.25) is 0 Å². The number of hydrogen-bond acceptors (Lipinski definition) is 1. The molecule has 0 N–H and O–H groups in total. The molecule has 0 saturated heterocycles. The van der Waals surface area contributed by atoms with Gasteiger partial charge in [0.2, 0.25) is 0 Å². The first-order valence-electron chi connectivity index (χ1n) is 7.44. The van der Waals surface area contributed by atoms with E-state index in [1.165, 1.54) is 0 Å². The molecular formula is C16H34FOP. The van der Waals surface area contributed by atoms with Crippen LogP contribution in [0.5, 0.6) is 0 Å². The lowest BCUT2D eigenvalue weighted by Crippen LogP contribution is -2.52. The molecule has 0 spiro atoms. The van der Waals surface area contributed by atoms with Gasteiger partial charge in [0, 0.05) is 5.41 Å². The molecule has 0 aromatic carbocycles. The third-order valence-corrected chi connectivity index (χ3v) is 5.93. The minimum Gasteiger partial charge on any atom is -0.362 e. The summed E-state index contributed by atoms with van der Waals surface area (Å²) >= 11 is 0. The predicted octanol–water partition coefficient (Wildman–Crippen LogP) is 5.44. The molecule has 0 rings (SSSR count). The Morgan fingerprint density at radius 3 is 1.68 bits per heavy atom. The van der Waals surface area contributed by atoms with E-state index in [4.69, 9.17) is 4.74 Å². The van der Waals surface area contributed by atoms with Crippen molar-refractivity contribution in [3.63, 3.8) is 0 Å². The molecule has 0 radical (unpaired) electrons. The minimum absolute atomic E-state index is 0.268. The Morgan fingerprint density at radius 1 is 1.00 bits per heavy atom. The summed E-state index contributed by atoms with van der Waals surface area (Å²) in [4.78, 5) is 0. The Labute approximate surface area is 122 Å². The molecule has 0 aliphatic carbocycles.